The lowest BCUT2D eigenvalue weighted by Gasteiger charge is -2.01. The molecule has 0 aliphatic rings. The Morgan fingerprint density at radius 3 is 2.69 bits per heavy atom. The zero-order valence-corrected chi connectivity index (χ0v) is 9.34. The van der Waals surface area contributed by atoms with Crippen molar-refractivity contribution in [3.8, 4) is 0 Å². The van der Waals surface area contributed by atoms with Gasteiger partial charge in [0, 0.05) is 19.2 Å². The highest BCUT2D eigenvalue weighted by molar-refractivity contribution is 5.14. The van der Waals surface area contributed by atoms with E-state index in [2.05, 4.69) is 40.0 Å². The van der Waals surface area contributed by atoms with Crippen LogP contribution in [0.15, 0.2) is 42.9 Å². The summed E-state index contributed by atoms with van der Waals surface area (Å²) in [7, 11) is 0. The monoisotopic (exact) mass is 215 g/mol. The van der Waals surface area contributed by atoms with E-state index in [1.54, 1.807) is 0 Å². The highest BCUT2D eigenvalue weighted by Gasteiger charge is 1.98. The molecule has 0 amide bonds. The van der Waals surface area contributed by atoms with Crippen molar-refractivity contribution in [3.05, 3.63) is 54.1 Å². The first kappa shape index (κ1) is 10.9. The molecule has 16 heavy (non-hydrogen) atoms. The summed E-state index contributed by atoms with van der Waals surface area (Å²) in [5, 5.41) is 0. The SMILES string of the molecule is NCCc1cn(CCc2ccccc2)cn1. The topological polar surface area (TPSA) is 43.8 Å². The van der Waals surface area contributed by atoms with Gasteiger partial charge in [-0.2, -0.15) is 0 Å². The van der Waals surface area contributed by atoms with Gasteiger partial charge in [0.1, 0.15) is 0 Å². The summed E-state index contributed by atoms with van der Waals surface area (Å²) in [6.45, 7) is 1.64. The zero-order chi connectivity index (χ0) is 11.2. The van der Waals surface area contributed by atoms with Gasteiger partial charge in [-0.1, -0.05) is 30.3 Å². The van der Waals surface area contributed by atoms with Gasteiger partial charge in [0.15, 0.2) is 0 Å². The fourth-order valence-corrected chi connectivity index (χ4v) is 1.71. The molecule has 0 saturated heterocycles. The molecule has 3 heteroatoms. The van der Waals surface area contributed by atoms with Crippen LogP contribution in [0, 0.1) is 0 Å². The second-order valence-electron chi connectivity index (χ2n) is 3.88. The first-order valence-corrected chi connectivity index (χ1v) is 5.63. The van der Waals surface area contributed by atoms with Gasteiger partial charge in [-0.25, -0.2) is 4.98 Å². The molecule has 0 fully saturated rings. The van der Waals surface area contributed by atoms with Gasteiger partial charge in [-0.05, 0) is 18.5 Å². The molecule has 0 aliphatic carbocycles. The highest BCUT2D eigenvalue weighted by Crippen LogP contribution is 2.03. The third-order valence-electron chi connectivity index (χ3n) is 2.59. The lowest BCUT2D eigenvalue weighted by molar-refractivity contribution is 0.695. The Balaban J connectivity index is 1.89. The maximum atomic E-state index is 5.49. The minimum atomic E-state index is 0.662. The number of nitrogens with zero attached hydrogens (tertiary/aromatic N) is 2. The number of benzene rings is 1. The average molecular weight is 215 g/mol. The summed E-state index contributed by atoms with van der Waals surface area (Å²) in [4.78, 5) is 4.30. The normalized spacial score (nSPS) is 10.6. The van der Waals surface area contributed by atoms with E-state index in [0.29, 0.717) is 6.54 Å². The lowest BCUT2D eigenvalue weighted by Crippen LogP contribution is -2.03. The Morgan fingerprint density at radius 2 is 1.94 bits per heavy atom. The molecule has 0 saturated carbocycles. The minimum absolute atomic E-state index is 0.662. The van der Waals surface area contributed by atoms with E-state index in [1.165, 1.54) is 5.56 Å². The molecule has 0 unspecified atom stereocenters. The van der Waals surface area contributed by atoms with E-state index in [4.69, 9.17) is 5.73 Å². The molecular weight excluding hydrogens is 198 g/mol. The van der Waals surface area contributed by atoms with Gasteiger partial charge in [0.25, 0.3) is 0 Å². The van der Waals surface area contributed by atoms with Crippen molar-refractivity contribution in [2.45, 2.75) is 19.4 Å². The van der Waals surface area contributed by atoms with E-state index < -0.39 is 0 Å². The molecular formula is C13H17N3. The molecule has 2 rings (SSSR count). The van der Waals surface area contributed by atoms with E-state index in [0.717, 1.165) is 25.1 Å². The summed E-state index contributed by atoms with van der Waals surface area (Å²) in [5.41, 5.74) is 7.92. The zero-order valence-electron chi connectivity index (χ0n) is 9.34. The number of aryl methyl sites for hydroxylation is 2. The minimum Gasteiger partial charge on any atom is -0.337 e. The predicted molar refractivity (Wildman–Crippen MR) is 65.1 cm³/mol. The smallest absolute Gasteiger partial charge is 0.0949 e. The summed E-state index contributed by atoms with van der Waals surface area (Å²) in [6.07, 6.45) is 5.86. The van der Waals surface area contributed by atoms with Gasteiger partial charge in [-0.3, -0.25) is 0 Å². The average Bonchev–Trinajstić information content (AvgIpc) is 2.76. The van der Waals surface area contributed by atoms with Crippen LogP contribution >= 0.6 is 0 Å². The van der Waals surface area contributed by atoms with Crippen molar-refractivity contribution in [3.63, 3.8) is 0 Å². The van der Waals surface area contributed by atoms with Crippen molar-refractivity contribution in [1.29, 1.82) is 0 Å². The van der Waals surface area contributed by atoms with Gasteiger partial charge >= 0.3 is 0 Å². The first-order valence-electron chi connectivity index (χ1n) is 5.63. The quantitative estimate of drug-likeness (QED) is 0.823. The fourth-order valence-electron chi connectivity index (χ4n) is 1.71. The number of imidazole rings is 1. The molecule has 1 aromatic heterocycles. The number of rotatable bonds is 5. The van der Waals surface area contributed by atoms with Crippen molar-refractivity contribution in [1.82, 2.24) is 9.55 Å². The van der Waals surface area contributed by atoms with Crippen LogP contribution in [0.1, 0.15) is 11.3 Å². The van der Waals surface area contributed by atoms with Crippen LogP contribution in [0.3, 0.4) is 0 Å². The second kappa shape index (κ2) is 5.47. The Hall–Kier alpha value is -1.61. The molecule has 0 aliphatic heterocycles. The third kappa shape index (κ3) is 2.94. The molecule has 0 bridgehead atoms. The van der Waals surface area contributed by atoms with E-state index in [1.807, 2.05) is 12.4 Å². The molecule has 84 valence electrons. The second-order valence-corrected chi connectivity index (χ2v) is 3.88. The van der Waals surface area contributed by atoms with E-state index in [9.17, 15) is 0 Å². The highest BCUT2D eigenvalue weighted by atomic mass is 15.0. The molecule has 0 radical (unpaired) electrons. The summed E-state index contributed by atoms with van der Waals surface area (Å²) in [5.74, 6) is 0. The van der Waals surface area contributed by atoms with E-state index >= 15 is 0 Å². The third-order valence-corrected chi connectivity index (χ3v) is 2.59. The maximum absolute atomic E-state index is 5.49. The Bertz CT molecular complexity index is 420. The van der Waals surface area contributed by atoms with Gasteiger partial charge in [0.2, 0.25) is 0 Å². The molecule has 2 aromatic rings. The number of hydrogen-bond donors (Lipinski definition) is 1. The number of aromatic nitrogens is 2. The standard InChI is InChI=1S/C13H17N3/c14-8-6-13-10-16(11-15-13)9-7-12-4-2-1-3-5-12/h1-5,10-11H,6-9,14H2. The van der Waals surface area contributed by atoms with Crippen LogP contribution in [0.5, 0.6) is 0 Å². The molecule has 1 heterocycles. The number of hydrogen-bond acceptors (Lipinski definition) is 2. The van der Waals surface area contributed by atoms with Gasteiger partial charge in [-0.15, -0.1) is 0 Å². The largest absolute Gasteiger partial charge is 0.337 e. The van der Waals surface area contributed by atoms with Gasteiger partial charge < -0.3 is 10.3 Å². The Morgan fingerprint density at radius 1 is 1.12 bits per heavy atom. The summed E-state index contributed by atoms with van der Waals surface area (Å²) < 4.78 is 2.12. The Labute approximate surface area is 95.9 Å². The summed E-state index contributed by atoms with van der Waals surface area (Å²) in [6, 6.07) is 10.5. The molecule has 1 aromatic carbocycles. The Kier molecular flexibility index (Phi) is 3.72. The van der Waals surface area contributed by atoms with Crippen molar-refractivity contribution >= 4 is 0 Å². The predicted octanol–water partition coefficient (Wildman–Crippen LogP) is 1.63. The molecule has 3 nitrogen and oxygen atoms in total. The fraction of sp³-hybridized carbons (Fsp3) is 0.308. The molecule has 2 N–H and O–H groups in total. The van der Waals surface area contributed by atoms with Crippen LogP contribution in [0.4, 0.5) is 0 Å². The lowest BCUT2D eigenvalue weighted by atomic mass is 10.1. The number of nitrogens with two attached hydrogens (primary N) is 1. The van der Waals surface area contributed by atoms with Crippen LogP contribution in [0.25, 0.3) is 0 Å². The van der Waals surface area contributed by atoms with Crippen molar-refractivity contribution < 1.29 is 0 Å². The summed E-state index contributed by atoms with van der Waals surface area (Å²) >= 11 is 0. The first-order chi connectivity index (χ1) is 7.88. The molecule has 0 spiro atoms. The van der Waals surface area contributed by atoms with Crippen LogP contribution in [-0.4, -0.2) is 16.1 Å². The molecule has 0 atom stereocenters. The van der Waals surface area contributed by atoms with Crippen LogP contribution < -0.4 is 5.73 Å². The van der Waals surface area contributed by atoms with Crippen molar-refractivity contribution in [2.24, 2.45) is 5.73 Å². The van der Waals surface area contributed by atoms with Crippen LogP contribution in [-0.2, 0) is 19.4 Å². The van der Waals surface area contributed by atoms with Crippen LogP contribution in [0.2, 0.25) is 0 Å². The van der Waals surface area contributed by atoms with E-state index in [-0.39, 0.29) is 0 Å². The van der Waals surface area contributed by atoms with Gasteiger partial charge in [0.05, 0.1) is 12.0 Å². The maximum Gasteiger partial charge on any atom is 0.0949 e. The van der Waals surface area contributed by atoms with Crippen molar-refractivity contribution in [2.75, 3.05) is 6.54 Å².